The molecule has 0 saturated heterocycles. The summed E-state index contributed by atoms with van der Waals surface area (Å²) in [7, 11) is -4.12. The second-order valence-electron chi connectivity index (χ2n) is 13.4. The van der Waals surface area contributed by atoms with Gasteiger partial charge in [-0.15, -0.1) is 0 Å². The van der Waals surface area contributed by atoms with E-state index in [0.29, 0.717) is 0 Å². The van der Waals surface area contributed by atoms with Crippen molar-refractivity contribution in [3.63, 3.8) is 0 Å². The van der Waals surface area contributed by atoms with Crippen LogP contribution in [0.2, 0.25) is 0 Å². The van der Waals surface area contributed by atoms with Gasteiger partial charge in [0, 0.05) is 0 Å². The number of hydrogen-bond acceptors (Lipinski definition) is 2. The lowest BCUT2D eigenvalue weighted by atomic mass is 10.0. The third-order valence-electron chi connectivity index (χ3n) is 9.30. The van der Waals surface area contributed by atoms with Gasteiger partial charge >= 0.3 is 0 Å². The molecule has 0 radical (unpaired) electrons. The van der Waals surface area contributed by atoms with E-state index in [9.17, 15) is 13.0 Å². The highest BCUT2D eigenvalue weighted by Gasteiger charge is 2.13. The predicted octanol–water partition coefficient (Wildman–Crippen LogP) is 13.6. The van der Waals surface area contributed by atoms with Crippen molar-refractivity contribution in [2.75, 3.05) is 0 Å². The van der Waals surface area contributed by atoms with E-state index < -0.39 is 10.1 Å². The van der Waals surface area contributed by atoms with Gasteiger partial charge in [-0.1, -0.05) is 218 Å². The Bertz CT molecular complexity index is 820. The first-order valence-electron chi connectivity index (χ1n) is 19.1. The predicted molar refractivity (Wildman–Crippen MR) is 189 cm³/mol. The molecule has 1 aromatic rings. The van der Waals surface area contributed by atoms with Gasteiger partial charge in [0.1, 0.15) is 0 Å². The van der Waals surface area contributed by atoms with Crippen molar-refractivity contribution in [2.45, 2.75) is 217 Å². The number of hydrogen-bond donors (Lipinski definition) is 1. The van der Waals surface area contributed by atoms with Gasteiger partial charge < -0.3 is 0 Å². The van der Waals surface area contributed by atoms with Crippen molar-refractivity contribution >= 4 is 10.1 Å². The molecule has 0 bridgehead atoms. The lowest BCUT2D eigenvalue weighted by Crippen LogP contribution is -2.03. The van der Waals surface area contributed by atoms with Crippen molar-refractivity contribution in [1.29, 1.82) is 0 Å². The van der Waals surface area contributed by atoms with E-state index >= 15 is 0 Å². The van der Waals surface area contributed by atoms with E-state index in [4.69, 9.17) is 0 Å². The van der Waals surface area contributed by atoms with E-state index in [2.05, 4.69) is 6.92 Å². The number of unbranched alkanes of at least 4 members (excludes halogenated alkanes) is 30. The fourth-order valence-corrected chi connectivity index (χ4v) is 7.23. The molecule has 1 N–H and O–H groups in total. The maximum Gasteiger partial charge on any atom is 0.294 e. The fraction of sp³-hybridized carbons (Fsp3) is 0.846. The zero-order chi connectivity index (χ0) is 31.1. The van der Waals surface area contributed by atoms with Gasteiger partial charge in [-0.05, 0) is 24.5 Å². The minimum Gasteiger partial charge on any atom is -0.282 e. The van der Waals surface area contributed by atoms with Crippen LogP contribution < -0.4 is 0 Å². The van der Waals surface area contributed by atoms with E-state index in [-0.39, 0.29) is 4.90 Å². The Labute approximate surface area is 269 Å². The standard InChI is InChI=1S/C39H72O3S/c1-2-3-4-5-6-7-8-9-10-11-12-13-14-15-16-17-18-19-20-21-22-23-24-25-26-27-28-29-30-31-32-35-38-36-33-34-37-39(38)43(40,41)42/h33-34,36-37H,2-32,35H2,1H3,(H,40,41,42). The Morgan fingerprint density at radius 1 is 0.419 bits per heavy atom. The Morgan fingerprint density at radius 2 is 0.674 bits per heavy atom. The topological polar surface area (TPSA) is 54.4 Å². The van der Waals surface area contributed by atoms with Gasteiger partial charge in [0.15, 0.2) is 0 Å². The van der Waals surface area contributed by atoms with Crippen LogP contribution in [0, 0.1) is 0 Å². The molecule has 0 aromatic heterocycles. The maximum atomic E-state index is 11.5. The van der Waals surface area contributed by atoms with Crippen LogP contribution in [-0.2, 0) is 16.5 Å². The molecule has 0 spiro atoms. The summed E-state index contributed by atoms with van der Waals surface area (Å²) in [5, 5.41) is 0. The fourth-order valence-electron chi connectivity index (χ4n) is 6.48. The van der Waals surface area contributed by atoms with Crippen molar-refractivity contribution < 1.29 is 13.0 Å². The van der Waals surface area contributed by atoms with Crippen molar-refractivity contribution in [3.05, 3.63) is 29.8 Å². The van der Waals surface area contributed by atoms with Gasteiger partial charge in [0.05, 0.1) is 4.90 Å². The summed E-state index contributed by atoms with van der Waals surface area (Å²) in [4.78, 5) is 0.0700. The van der Waals surface area contributed by atoms with E-state index in [1.807, 2.05) is 12.1 Å². The number of benzene rings is 1. The molecule has 0 aliphatic heterocycles. The maximum absolute atomic E-state index is 11.5. The zero-order valence-corrected chi connectivity index (χ0v) is 29.4. The third-order valence-corrected chi connectivity index (χ3v) is 10.3. The van der Waals surface area contributed by atoms with Gasteiger partial charge in [0.25, 0.3) is 10.1 Å². The van der Waals surface area contributed by atoms with Crippen LogP contribution >= 0.6 is 0 Å². The number of rotatable bonds is 33. The molecule has 0 unspecified atom stereocenters. The summed E-state index contributed by atoms with van der Waals surface area (Å²) in [5.41, 5.74) is 0.736. The van der Waals surface area contributed by atoms with Gasteiger partial charge in [0.2, 0.25) is 0 Å². The zero-order valence-electron chi connectivity index (χ0n) is 28.6. The van der Waals surface area contributed by atoms with Crippen LogP contribution in [0.15, 0.2) is 29.2 Å². The van der Waals surface area contributed by atoms with Crippen molar-refractivity contribution in [3.8, 4) is 0 Å². The molecule has 0 heterocycles. The Balaban J connectivity index is 1.71. The molecule has 252 valence electrons. The molecule has 0 atom stereocenters. The summed E-state index contributed by atoms with van der Waals surface area (Å²) >= 11 is 0. The average Bonchev–Trinajstić information content (AvgIpc) is 2.99. The molecule has 1 aromatic carbocycles. The van der Waals surface area contributed by atoms with Gasteiger partial charge in [-0.2, -0.15) is 8.42 Å². The molecule has 43 heavy (non-hydrogen) atoms. The smallest absolute Gasteiger partial charge is 0.282 e. The second-order valence-corrected chi connectivity index (χ2v) is 14.8. The van der Waals surface area contributed by atoms with Crippen molar-refractivity contribution in [2.24, 2.45) is 0 Å². The summed E-state index contributed by atoms with van der Waals surface area (Å²) in [5.74, 6) is 0. The van der Waals surface area contributed by atoms with Gasteiger partial charge in [-0.3, -0.25) is 4.55 Å². The highest BCUT2D eigenvalue weighted by atomic mass is 32.2. The number of aryl methyl sites for hydroxylation is 1. The first-order valence-corrected chi connectivity index (χ1v) is 20.5. The Morgan fingerprint density at radius 3 is 0.953 bits per heavy atom. The Hall–Kier alpha value is -0.870. The average molecular weight is 621 g/mol. The van der Waals surface area contributed by atoms with Crippen LogP contribution in [0.3, 0.4) is 0 Å². The van der Waals surface area contributed by atoms with Crippen LogP contribution in [0.5, 0.6) is 0 Å². The van der Waals surface area contributed by atoms with Crippen LogP contribution in [-0.4, -0.2) is 13.0 Å². The minimum absolute atomic E-state index is 0.0700. The van der Waals surface area contributed by atoms with E-state index in [1.165, 1.54) is 192 Å². The van der Waals surface area contributed by atoms with Crippen LogP contribution in [0.4, 0.5) is 0 Å². The molecule has 1 rings (SSSR count). The largest absolute Gasteiger partial charge is 0.294 e. The SMILES string of the molecule is CCCCCCCCCCCCCCCCCCCCCCCCCCCCCCCCCc1ccccc1S(=O)(=O)O. The lowest BCUT2D eigenvalue weighted by molar-refractivity contribution is 0.481. The molecule has 0 amide bonds. The molecular weight excluding hydrogens is 548 g/mol. The summed E-state index contributed by atoms with van der Waals surface area (Å²) < 4.78 is 32.3. The quantitative estimate of drug-likeness (QED) is 0.0628. The van der Waals surface area contributed by atoms with Crippen LogP contribution in [0.25, 0.3) is 0 Å². The molecule has 4 heteroatoms. The summed E-state index contributed by atoms with van der Waals surface area (Å²) in [6.45, 7) is 2.30. The Kier molecular flexibility index (Phi) is 27.8. The molecular formula is C39H72O3S. The second kappa shape index (κ2) is 29.8. The minimum atomic E-state index is -4.12. The molecule has 0 aliphatic carbocycles. The molecule has 0 saturated carbocycles. The normalized spacial score (nSPS) is 11.9. The highest BCUT2D eigenvalue weighted by Crippen LogP contribution is 2.19. The van der Waals surface area contributed by atoms with E-state index in [1.54, 1.807) is 6.07 Å². The molecule has 0 aliphatic rings. The molecule has 0 fully saturated rings. The first kappa shape index (κ1) is 40.2. The third kappa shape index (κ3) is 26.1. The van der Waals surface area contributed by atoms with Crippen molar-refractivity contribution in [1.82, 2.24) is 0 Å². The lowest BCUT2D eigenvalue weighted by Gasteiger charge is -2.07. The summed E-state index contributed by atoms with van der Waals surface area (Å²) in [6, 6.07) is 6.81. The molecule has 3 nitrogen and oxygen atoms in total. The first-order chi connectivity index (χ1) is 21.1. The van der Waals surface area contributed by atoms with E-state index in [0.717, 1.165) is 24.8 Å². The monoisotopic (exact) mass is 621 g/mol. The highest BCUT2D eigenvalue weighted by molar-refractivity contribution is 7.85. The van der Waals surface area contributed by atoms with Gasteiger partial charge in [-0.25, -0.2) is 0 Å². The van der Waals surface area contributed by atoms with Crippen LogP contribution in [0.1, 0.15) is 212 Å². The summed E-state index contributed by atoms with van der Waals surface area (Å²) in [6.07, 6.45) is 44.1.